The zero-order valence-electron chi connectivity index (χ0n) is 12.8. The predicted octanol–water partition coefficient (Wildman–Crippen LogP) is 2.14. The molecule has 7 nitrogen and oxygen atoms in total. The fraction of sp³-hybridized carbons (Fsp3) is 0.125. The van der Waals surface area contributed by atoms with E-state index in [9.17, 15) is 9.59 Å². The highest BCUT2D eigenvalue weighted by molar-refractivity contribution is 7.09. The van der Waals surface area contributed by atoms with Gasteiger partial charge in [-0.15, -0.1) is 11.3 Å². The van der Waals surface area contributed by atoms with Gasteiger partial charge in [-0.3, -0.25) is 9.59 Å². The number of hydrogen-bond acceptors (Lipinski definition) is 6. The van der Waals surface area contributed by atoms with Crippen LogP contribution in [0.2, 0.25) is 0 Å². The molecule has 3 aromatic rings. The molecule has 8 heteroatoms. The first-order valence-electron chi connectivity index (χ1n) is 7.06. The second-order valence-corrected chi connectivity index (χ2v) is 6.04. The summed E-state index contributed by atoms with van der Waals surface area (Å²) < 4.78 is 5.22. The van der Waals surface area contributed by atoms with Gasteiger partial charge in [-0.2, -0.15) is 0 Å². The zero-order chi connectivity index (χ0) is 17.1. The van der Waals surface area contributed by atoms with E-state index < -0.39 is 5.91 Å². The molecule has 0 aliphatic heterocycles. The van der Waals surface area contributed by atoms with Crippen molar-refractivity contribution in [2.45, 2.75) is 13.5 Å². The first-order valence-corrected chi connectivity index (χ1v) is 7.94. The van der Waals surface area contributed by atoms with Gasteiger partial charge in [0.1, 0.15) is 5.01 Å². The Morgan fingerprint density at radius 2 is 2.08 bits per heavy atom. The molecule has 1 aromatic carbocycles. The summed E-state index contributed by atoms with van der Waals surface area (Å²) in [7, 11) is 0. The van der Waals surface area contributed by atoms with Crippen LogP contribution in [0.15, 0.2) is 40.6 Å². The number of thiazole rings is 1. The molecule has 2 heterocycles. The molecular weight excluding hydrogens is 328 g/mol. The third-order valence-electron chi connectivity index (χ3n) is 3.26. The van der Waals surface area contributed by atoms with Crippen LogP contribution in [0.5, 0.6) is 0 Å². The molecule has 0 aliphatic carbocycles. The topological polar surface area (TPSA) is 111 Å². The van der Waals surface area contributed by atoms with Crippen LogP contribution in [0.1, 0.15) is 31.4 Å². The van der Waals surface area contributed by atoms with E-state index in [1.54, 1.807) is 12.1 Å². The molecule has 2 aromatic heterocycles. The van der Waals surface area contributed by atoms with Gasteiger partial charge in [0.25, 0.3) is 5.91 Å². The van der Waals surface area contributed by atoms with Gasteiger partial charge >= 0.3 is 0 Å². The van der Waals surface area contributed by atoms with E-state index in [4.69, 9.17) is 10.2 Å². The van der Waals surface area contributed by atoms with Gasteiger partial charge in [0.05, 0.1) is 12.7 Å². The first-order chi connectivity index (χ1) is 11.5. The van der Waals surface area contributed by atoms with Crippen LogP contribution < -0.4 is 11.1 Å². The fourth-order valence-corrected chi connectivity index (χ4v) is 2.85. The number of benzene rings is 1. The van der Waals surface area contributed by atoms with Gasteiger partial charge in [-0.05, 0) is 25.1 Å². The molecule has 0 saturated heterocycles. The Kier molecular flexibility index (Phi) is 4.39. The molecule has 3 rings (SSSR count). The predicted molar refractivity (Wildman–Crippen MR) is 88.5 cm³/mol. The Morgan fingerprint density at radius 1 is 1.29 bits per heavy atom. The first kappa shape index (κ1) is 15.9. The van der Waals surface area contributed by atoms with Crippen molar-refractivity contribution in [2.75, 3.05) is 0 Å². The summed E-state index contributed by atoms with van der Waals surface area (Å²) in [6, 6.07) is 4.63. The van der Waals surface area contributed by atoms with Gasteiger partial charge in [0, 0.05) is 27.8 Å². The van der Waals surface area contributed by atoms with E-state index in [1.807, 2.05) is 12.3 Å². The summed E-state index contributed by atoms with van der Waals surface area (Å²) in [6.45, 7) is 2.21. The lowest BCUT2D eigenvalue weighted by Gasteiger charge is -2.07. The Morgan fingerprint density at radius 3 is 2.71 bits per heavy atom. The van der Waals surface area contributed by atoms with Crippen molar-refractivity contribution in [1.82, 2.24) is 15.3 Å². The molecule has 0 atom stereocenters. The summed E-state index contributed by atoms with van der Waals surface area (Å²) >= 11 is 1.47. The number of carbonyl (C=O) groups excluding carboxylic acids is 2. The van der Waals surface area contributed by atoms with Crippen molar-refractivity contribution in [3.8, 4) is 11.3 Å². The second-order valence-electron chi connectivity index (χ2n) is 5.09. The minimum Gasteiger partial charge on any atom is -0.444 e. The highest BCUT2D eigenvalue weighted by Gasteiger charge is 2.14. The molecule has 122 valence electrons. The molecule has 0 aliphatic rings. The maximum Gasteiger partial charge on any atom is 0.251 e. The van der Waals surface area contributed by atoms with E-state index in [1.165, 1.54) is 30.0 Å². The number of amides is 2. The van der Waals surface area contributed by atoms with Crippen LogP contribution >= 0.6 is 11.3 Å². The minimum absolute atomic E-state index is 0.221. The second kappa shape index (κ2) is 6.63. The Balaban J connectivity index is 1.85. The average Bonchev–Trinajstić information content (AvgIpc) is 3.23. The van der Waals surface area contributed by atoms with Crippen molar-refractivity contribution in [3.63, 3.8) is 0 Å². The lowest BCUT2D eigenvalue weighted by Crippen LogP contribution is -2.23. The van der Waals surface area contributed by atoms with Crippen molar-refractivity contribution < 1.29 is 14.0 Å². The molecule has 2 amide bonds. The van der Waals surface area contributed by atoms with Gasteiger partial charge < -0.3 is 15.5 Å². The fourth-order valence-electron chi connectivity index (χ4n) is 2.14. The Labute approximate surface area is 141 Å². The summed E-state index contributed by atoms with van der Waals surface area (Å²) in [5.74, 6) is -0.504. The number of hydrogen-bond donors (Lipinski definition) is 2. The standard InChI is InChI=1S/C16H14N4O3S/c1-9-7-24-14(20-9)6-19-16(22)12-3-10(13-5-18-8-23-13)2-11(4-12)15(17)21/h2-5,7-8H,6H2,1H3,(H2,17,21)(H,19,22). The minimum atomic E-state index is -0.624. The number of nitrogens with one attached hydrogen (secondary N) is 1. The molecule has 24 heavy (non-hydrogen) atoms. The number of oxazole rings is 1. The van der Waals surface area contributed by atoms with Gasteiger partial charge in [-0.1, -0.05) is 0 Å². The monoisotopic (exact) mass is 342 g/mol. The van der Waals surface area contributed by atoms with Crippen LogP contribution in [-0.2, 0) is 6.54 Å². The number of rotatable bonds is 5. The molecule has 0 spiro atoms. The third-order valence-corrected chi connectivity index (χ3v) is 4.23. The summed E-state index contributed by atoms with van der Waals surface area (Å²) in [4.78, 5) is 32.0. The van der Waals surface area contributed by atoms with E-state index in [2.05, 4.69) is 15.3 Å². The van der Waals surface area contributed by atoms with E-state index in [0.717, 1.165) is 10.7 Å². The van der Waals surface area contributed by atoms with Crippen LogP contribution in [0, 0.1) is 6.92 Å². The summed E-state index contributed by atoms with van der Waals surface area (Å²) in [5, 5.41) is 5.50. The maximum atomic E-state index is 12.4. The van der Waals surface area contributed by atoms with Crippen LogP contribution in [0.25, 0.3) is 11.3 Å². The smallest absolute Gasteiger partial charge is 0.251 e. The SMILES string of the molecule is Cc1csc(CNC(=O)c2cc(C(N)=O)cc(-c3cnco3)c2)n1. The van der Waals surface area contributed by atoms with Gasteiger partial charge in [-0.25, -0.2) is 9.97 Å². The number of nitrogens with two attached hydrogens (primary N) is 1. The Bertz CT molecular complexity index is 887. The average molecular weight is 342 g/mol. The largest absolute Gasteiger partial charge is 0.444 e. The van der Waals surface area contributed by atoms with Crippen molar-refractivity contribution in [1.29, 1.82) is 0 Å². The number of aromatic nitrogens is 2. The zero-order valence-corrected chi connectivity index (χ0v) is 13.6. The maximum absolute atomic E-state index is 12.4. The van der Waals surface area contributed by atoms with Crippen molar-refractivity contribution in [2.24, 2.45) is 5.73 Å². The third kappa shape index (κ3) is 3.49. The molecular formula is C16H14N4O3S. The molecule has 0 fully saturated rings. The van der Waals surface area contributed by atoms with Gasteiger partial charge in [0.2, 0.25) is 5.91 Å². The lowest BCUT2D eigenvalue weighted by atomic mass is 10.0. The molecule has 3 N–H and O–H groups in total. The van der Waals surface area contributed by atoms with E-state index in [-0.39, 0.29) is 11.5 Å². The normalized spacial score (nSPS) is 10.5. The van der Waals surface area contributed by atoms with Crippen molar-refractivity contribution >= 4 is 23.2 Å². The Hall–Kier alpha value is -3.00. The lowest BCUT2D eigenvalue weighted by molar-refractivity contribution is 0.0951. The summed E-state index contributed by atoms with van der Waals surface area (Å²) in [6.07, 6.45) is 2.77. The number of primary amides is 1. The van der Waals surface area contributed by atoms with Crippen molar-refractivity contribution in [3.05, 3.63) is 58.0 Å². The van der Waals surface area contributed by atoms with E-state index in [0.29, 0.717) is 23.4 Å². The van der Waals surface area contributed by atoms with Gasteiger partial charge in [0.15, 0.2) is 12.2 Å². The number of nitrogens with zero attached hydrogens (tertiary/aromatic N) is 2. The highest BCUT2D eigenvalue weighted by atomic mass is 32.1. The molecule has 0 unspecified atom stereocenters. The molecule has 0 radical (unpaired) electrons. The quantitative estimate of drug-likeness (QED) is 0.738. The van der Waals surface area contributed by atoms with Crippen LogP contribution in [0.3, 0.4) is 0 Å². The van der Waals surface area contributed by atoms with Crippen LogP contribution in [0.4, 0.5) is 0 Å². The molecule has 0 bridgehead atoms. The highest BCUT2D eigenvalue weighted by Crippen LogP contribution is 2.22. The molecule has 0 saturated carbocycles. The number of aryl methyl sites for hydroxylation is 1. The van der Waals surface area contributed by atoms with Crippen LogP contribution in [-0.4, -0.2) is 21.8 Å². The summed E-state index contributed by atoms with van der Waals surface area (Å²) in [5.41, 5.74) is 7.34. The number of carbonyl (C=O) groups is 2. The van der Waals surface area contributed by atoms with E-state index >= 15 is 0 Å².